The highest BCUT2D eigenvalue weighted by Crippen LogP contribution is 2.32. The molecule has 10 heteroatoms. The quantitative estimate of drug-likeness (QED) is 0.633. The van der Waals surface area contributed by atoms with Crippen LogP contribution in [-0.4, -0.2) is 58.1 Å². The van der Waals surface area contributed by atoms with Crippen molar-refractivity contribution >= 4 is 27.0 Å². The molecule has 0 unspecified atom stereocenters. The van der Waals surface area contributed by atoms with Crippen LogP contribution in [0.25, 0.3) is 10.9 Å². The minimum atomic E-state index is -3.65. The molecule has 9 nitrogen and oxygen atoms in total. The van der Waals surface area contributed by atoms with Crippen molar-refractivity contribution in [3.63, 3.8) is 0 Å². The molecule has 28 heavy (non-hydrogen) atoms. The Labute approximate surface area is 164 Å². The molecule has 1 aliphatic heterocycles. The second-order valence-corrected chi connectivity index (χ2v) is 8.32. The SMILES string of the molecule is COc1cc(OC)c2[nH]c(C(=O)N3CCC(CCNS(N)(=O)=O)CC3)cc2c1. The number of nitrogens with zero attached hydrogens (tertiary/aromatic N) is 1. The summed E-state index contributed by atoms with van der Waals surface area (Å²) in [6.07, 6.45) is 2.37. The van der Waals surface area contributed by atoms with Crippen LogP contribution in [0.4, 0.5) is 0 Å². The van der Waals surface area contributed by atoms with Crippen LogP contribution >= 0.6 is 0 Å². The summed E-state index contributed by atoms with van der Waals surface area (Å²) in [5.74, 6) is 1.59. The Morgan fingerprint density at radius 1 is 1.25 bits per heavy atom. The molecule has 2 aromatic rings. The number of fused-ring (bicyclic) bond motifs is 1. The first-order valence-electron chi connectivity index (χ1n) is 9.12. The van der Waals surface area contributed by atoms with Crippen molar-refractivity contribution in [2.75, 3.05) is 33.9 Å². The number of H-pyrrole nitrogens is 1. The molecule has 0 bridgehead atoms. The molecule has 0 radical (unpaired) electrons. The maximum Gasteiger partial charge on any atom is 0.274 e. The molecule has 1 aliphatic rings. The van der Waals surface area contributed by atoms with Crippen molar-refractivity contribution in [3.8, 4) is 11.5 Å². The van der Waals surface area contributed by atoms with Crippen molar-refractivity contribution in [1.82, 2.24) is 14.6 Å². The zero-order valence-corrected chi connectivity index (χ0v) is 16.8. The zero-order chi connectivity index (χ0) is 20.3. The predicted octanol–water partition coefficient (Wildman–Crippen LogP) is 1.22. The molecule has 0 spiro atoms. The second kappa shape index (κ2) is 8.38. The van der Waals surface area contributed by atoms with E-state index in [2.05, 4.69) is 9.71 Å². The number of carbonyl (C=O) groups excluding carboxylic acids is 1. The number of likely N-dealkylation sites (tertiary alicyclic amines) is 1. The third-order valence-corrected chi connectivity index (χ3v) is 5.72. The number of methoxy groups -OCH3 is 2. The number of ether oxygens (including phenoxy) is 2. The van der Waals surface area contributed by atoms with E-state index in [9.17, 15) is 13.2 Å². The average Bonchev–Trinajstić information content (AvgIpc) is 3.10. The van der Waals surface area contributed by atoms with Gasteiger partial charge >= 0.3 is 0 Å². The van der Waals surface area contributed by atoms with E-state index >= 15 is 0 Å². The number of amides is 1. The summed E-state index contributed by atoms with van der Waals surface area (Å²) >= 11 is 0. The molecule has 1 saturated heterocycles. The third-order valence-electron chi connectivity index (χ3n) is 5.11. The summed E-state index contributed by atoms with van der Waals surface area (Å²) in [7, 11) is -0.486. The minimum Gasteiger partial charge on any atom is -0.497 e. The maximum atomic E-state index is 12.9. The van der Waals surface area contributed by atoms with Crippen molar-refractivity contribution in [2.45, 2.75) is 19.3 Å². The molecular weight excluding hydrogens is 384 g/mol. The monoisotopic (exact) mass is 410 g/mol. The number of aromatic amines is 1. The standard InChI is InChI=1S/C18H26N4O5S/c1-26-14-9-13-10-15(21-17(13)16(11-14)27-2)18(23)22-7-4-12(5-8-22)3-6-20-28(19,24)25/h9-12,20-21H,3-8H2,1-2H3,(H2,19,24,25). The first kappa shape index (κ1) is 20.4. The highest BCUT2D eigenvalue weighted by atomic mass is 32.2. The van der Waals surface area contributed by atoms with Gasteiger partial charge in [-0.2, -0.15) is 8.42 Å². The van der Waals surface area contributed by atoms with Gasteiger partial charge in [-0.05, 0) is 37.3 Å². The smallest absolute Gasteiger partial charge is 0.274 e. The van der Waals surface area contributed by atoms with Crippen LogP contribution in [0.15, 0.2) is 18.2 Å². The zero-order valence-electron chi connectivity index (χ0n) is 16.0. The van der Waals surface area contributed by atoms with E-state index < -0.39 is 10.2 Å². The lowest BCUT2D eigenvalue weighted by atomic mass is 9.93. The van der Waals surface area contributed by atoms with Crippen molar-refractivity contribution in [3.05, 3.63) is 23.9 Å². The first-order chi connectivity index (χ1) is 13.3. The number of hydrogen-bond acceptors (Lipinski definition) is 5. The van der Waals surface area contributed by atoms with Gasteiger partial charge in [-0.15, -0.1) is 0 Å². The van der Waals surface area contributed by atoms with E-state index in [-0.39, 0.29) is 5.91 Å². The molecule has 1 fully saturated rings. The Morgan fingerprint density at radius 3 is 2.57 bits per heavy atom. The van der Waals surface area contributed by atoms with Gasteiger partial charge in [0.15, 0.2) is 0 Å². The van der Waals surface area contributed by atoms with Gasteiger partial charge in [0.05, 0.1) is 19.7 Å². The number of piperidine rings is 1. The predicted molar refractivity (Wildman–Crippen MR) is 106 cm³/mol. The Kier molecular flexibility index (Phi) is 6.11. The van der Waals surface area contributed by atoms with E-state index in [4.69, 9.17) is 14.6 Å². The molecule has 0 saturated carbocycles. The number of hydrogen-bond donors (Lipinski definition) is 3. The van der Waals surface area contributed by atoms with Crippen LogP contribution in [0.3, 0.4) is 0 Å². The van der Waals surface area contributed by atoms with E-state index in [0.29, 0.717) is 49.2 Å². The second-order valence-electron chi connectivity index (χ2n) is 6.94. The number of aromatic nitrogens is 1. The van der Waals surface area contributed by atoms with Crippen molar-refractivity contribution in [1.29, 1.82) is 0 Å². The van der Waals surface area contributed by atoms with Crippen LogP contribution in [0.2, 0.25) is 0 Å². The van der Waals surface area contributed by atoms with Crippen molar-refractivity contribution < 1.29 is 22.7 Å². The van der Waals surface area contributed by atoms with Crippen LogP contribution in [0.1, 0.15) is 29.8 Å². The van der Waals surface area contributed by atoms with E-state index in [0.717, 1.165) is 23.7 Å². The van der Waals surface area contributed by atoms with Crippen LogP contribution in [0.5, 0.6) is 11.5 Å². The number of nitrogens with one attached hydrogen (secondary N) is 2. The molecule has 4 N–H and O–H groups in total. The van der Waals surface area contributed by atoms with Gasteiger partial charge in [-0.3, -0.25) is 4.79 Å². The molecule has 2 heterocycles. The summed E-state index contributed by atoms with van der Waals surface area (Å²) in [6, 6.07) is 5.44. The Bertz CT molecular complexity index is 948. The number of benzene rings is 1. The highest BCUT2D eigenvalue weighted by Gasteiger charge is 2.25. The molecular formula is C18H26N4O5S. The molecule has 1 amide bonds. The number of nitrogens with two attached hydrogens (primary N) is 1. The normalized spacial score (nSPS) is 15.8. The van der Waals surface area contributed by atoms with Crippen molar-refractivity contribution in [2.24, 2.45) is 11.1 Å². The fraction of sp³-hybridized carbons (Fsp3) is 0.500. The fourth-order valence-corrected chi connectivity index (χ4v) is 3.98. The average molecular weight is 410 g/mol. The highest BCUT2D eigenvalue weighted by molar-refractivity contribution is 7.87. The lowest BCUT2D eigenvalue weighted by Gasteiger charge is -2.31. The van der Waals surface area contributed by atoms with Crippen LogP contribution < -0.4 is 19.3 Å². The summed E-state index contributed by atoms with van der Waals surface area (Å²) in [5.41, 5.74) is 1.27. The summed E-state index contributed by atoms with van der Waals surface area (Å²) in [4.78, 5) is 17.9. The van der Waals surface area contributed by atoms with Gasteiger partial charge in [-0.1, -0.05) is 0 Å². The third kappa shape index (κ3) is 4.75. The summed E-state index contributed by atoms with van der Waals surface area (Å²) in [6.45, 7) is 1.59. The molecule has 1 aromatic heterocycles. The lowest BCUT2D eigenvalue weighted by molar-refractivity contribution is 0.0682. The molecule has 154 valence electrons. The molecule has 0 aliphatic carbocycles. The minimum absolute atomic E-state index is 0.0571. The molecule has 0 atom stereocenters. The number of rotatable bonds is 7. The van der Waals surface area contributed by atoms with Gasteiger partial charge < -0.3 is 19.4 Å². The maximum absolute atomic E-state index is 12.9. The van der Waals surface area contributed by atoms with Crippen LogP contribution in [0, 0.1) is 5.92 Å². The van der Waals surface area contributed by atoms with Gasteiger partial charge in [-0.25, -0.2) is 9.86 Å². The lowest BCUT2D eigenvalue weighted by Crippen LogP contribution is -2.39. The van der Waals surface area contributed by atoms with Crippen LogP contribution in [-0.2, 0) is 10.2 Å². The van der Waals surface area contributed by atoms with Gasteiger partial charge in [0.1, 0.15) is 17.2 Å². The van der Waals surface area contributed by atoms with E-state index in [1.165, 1.54) is 0 Å². The summed E-state index contributed by atoms with van der Waals surface area (Å²) < 4.78 is 34.8. The molecule has 3 rings (SSSR count). The van der Waals surface area contributed by atoms with E-state index in [1.807, 2.05) is 17.0 Å². The topological polar surface area (TPSA) is 127 Å². The van der Waals surface area contributed by atoms with Gasteiger partial charge in [0.25, 0.3) is 16.1 Å². The first-order valence-corrected chi connectivity index (χ1v) is 10.7. The summed E-state index contributed by atoms with van der Waals surface area (Å²) in [5, 5.41) is 5.79. The Balaban J connectivity index is 1.63. The largest absolute Gasteiger partial charge is 0.497 e. The van der Waals surface area contributed by atoms with E-state index in [1.54, 1.807) is 20.3 Å². The molecule has 1 aromatic carbocycles. The fourth-order valence-electron chi connectivity index (χ4n) is 3.58. The Morgan fingerprint density at radius 2 is 1.96 bits per heavy atom. The number of carbonyl (C=O) groups is 1. The Hall–Kier alpha value is -2.30. The van der Waals surface area contributed by atoms with Gasteiger partial charge in [0.2, 0.25) is 0 Å². The van der Waals surface area contributed by atoms with Gasteiger partial charge in [0, 0.05) is 31.1 Å².